The number of rotatable bonds is 1. The molecule has 0 amide bonds. The fourth-order valence-corrected chi connectivity index (χ4v) is 1.80. The Bertz CT molecular complexity index is 222. The van der Waals surface area contributed by atoms with Crippen LogP contribution in [0.15, 0.2) is 0 Å². The molecule has 74 valence electrons. The van der Waals surface area contributed by atoms with Crippen molar-refractivity contribution < 1.29 is 14.3 Å². The third kappa shape index (κ3) is 1.90. The zero-order valence-corrected chi connectivity index (χ0v) is 8.37. The van der Waals surface area contributed by atoms with Gasteiger partial charge in [-0.15, -0.1) is 0 Å². The van der Waals surface area contributed by atoms with Crippen LogP contribution in [0.1, 0.15) is 26.7 Å². The lowest BCUT2D eigenvalue weighted by atomic mass is 9.75. The lowest BCUT2D eigenvalue weighted by Crippen LogP contribution is -2.37. The summed E-state index contributed by atoms with van der Waals surface area (Å²) in [5.74, 6) is -0.434. The second kappa shape index (κ2) is 3.90. The highest BCUT2D eigenvalue weighted by Gasteiger charge is 2.37. The summed E-state index contributed by atoms with van der Waals surface area (Å²) >= 11 is 0. The van der Waals surface area contributed by atoms with E-state index < -0.39 is 5.92 Å². The molecule has 0 spiro atoms. The molecule has 3 heteroatoms. The highest BCUT2D eigenvalue weighted by molar-refractivity contribution is 6.00. The summed E-state index contributed by atoms with van der Waals surface area (Å²) in [5.41, 5.74) is 0. The van der Waals surface area contributed by atoms with Crippen molar-refractivity contribution in [3.63, 3.8) is 0 Å². The summed E-state index contributed by atoms with van der Waals surface area (Å²) in [4.78, 5) is 22.8. The molecule has 1 fully saturated rings. The predicted octanol–water partition coefficient (Wildman–Crippen LogP) is 1.41. The van der Waals surface area contributed by atoms with Crippen LogP contribution < -0.4 is 0 Å². The molecule has 0 N–H and O–H groups in total. The van der Waals surface area contributed by atoms with Crippen molar-refractivity contribution in [2.45, 2.75) is 26.7 Å². The van der Waals surface area contributed by atoms with Gasteiger partial charge >= 0.3 is 5.97 Å². The second-order valence-corrected chi connectivity index (χ2v) is 3.82. The number of hydrogen-bond acceptors (Lipinski definition) is 3. The summed E-state index contributed by atoms with van der Waals surface area (Å²) in [6.45, 7) is 3.94. The molecule has 0 bridgehead atoms. The molecule has 0 saturated heterocycles. The zero-order chi connectivity index (χ0) is 10.0. The van der Waals surface area contributed by atoms with Gasteiger partial charge in [0.15, 0.2) is 0 Å². The summed E-state index contributed by atoms with van der Waals surface area (Å²) in [6.07, 6.45) is 1.59. The fourth-order valence-electron chi connectivity index (χ4n) is 1.80. The van der Waals surface area contributed by atoms with E-state index in [2.05, 4.69) is 11.7 Å². The number of carbonyl (C=O) groups excluding carboxylic acids is 2. The molecule has 0 aromatic carbocycles. The van der Waals surface area contributed by atoms with E-state index in [1.807, 2.05) is 6.92 Å². The van der Waals surface area contributed by atoms with E-state index >= 15 is 0 Å². The first-order valence-electron chi connectivity index (χ1n) is 4.69. The summed E-state index contributed by atoms with van der Waals surface area (Å²) in [7, 11) is 1.33. The van der Waals surface area contributed by atoms with Gasteiger partial charge in [0.05, 0.1) is 7.11 Å². The standard InChI is InChI=1S/C10H16O3/c1-6-4-5-8(10(12)13-3)9(11)7(6)2/h6-8H,4-5H2,1-3H3/t6-,7+,8-/m1/s1. The number of methoxy groups -OCH3 is 1. The molecular formula is C10H16O3. The average Bonchev–Trinajstić information content (AvgIpc) is 2.13. The van der Waals surface area contributed by atoms with Crippen LogP contribution in [0.25, 0.3) is 0 Å². The first-order chi connectivity index (χ1) is 6.07. The Balaban J connectivity index is 2.69. The van der Waals surface area contributed by atoms with Gasteiger partial charge in [-0.3, -0.25) is 9.59 Å². The van der Waals surface area contributed by atoms with E-state index in [0.29, 0.717) is 12.3 Å². The first-order valence-corrected chi connectivity index (χ1v) is 4.69. The summed E-state index contributed by atoms with van der Waals surface area (Å²) in [5, 5.41) is 0. The summed E-state index contributed by atoms with van der Waals surface area (Å²) < 4.78 is 4.58. The average molecular weight is 184 g/mol. The molecule has 1 aliphatic carbocycles. The van der Waals surface area contributed by atoms with E-state index in [-0.39, 0.29) is 17.7 Å². The van der Waals surface area contributed by atoms with Crippen molar-refractivity contribution in [3.05, 3.63) is 0 Å². The maximum Gasteiger partial charge on any atom is 0.316 e. The molecule has 1 saturated carbocycles. The van der Waals surface area contributed by atoms with Crippen LogP contribution in [-0.4, -0.2) is 18.9 Å². The molecule has 3 nitrogen and oxygen atoms in total. The maximum absolute atomic E-state index is 11.6. The van der Waals surface area contributed by atoms with Crippen LogP contribution in [0.5, 0.6) is 0 Å². The number of hydrogen-bond donors (Lipinski definition) is 0. The third-order valence-electron chi connectivity index (χ3n) is 3.04. The van der Waals surface area contributed by atoms with Gasteiger partial charge < -0.3 is 4.74 Å². The molecule has 0 radical (unpaired) electrons. The number of esters is 1. The van der Waals surface area contributed by atoms with Crippen molar-refractivity contribution in [2.75, 3.05) is 7.11 Å². The molecule has 3 atom stereocenters. The highest BCUT2D eigenvalue weighted by Crippen LogP contribution is 2.30. The quantitative estimate of drug-likeness (QED) is 0.457. The van der Waals surface area contributed by atoms with Gasteiger partial charge in [-0.2, -0.15) is 0 Å². The van der Waals surface area contributed by atoms with E-state index in [1.165, 1.54) is 7.11 Å². The van der Waals surface area contributed by atoms with Crippen LogP contribution in [0.4, 0.5) is 0 Å². The topological polar surface area (TPSA) is 43.4 Å². The predicted molar refractivity (Wildman–Crippen MR) is 48.1 cm³/mol. The van der Waals surface area contributed by atoms with Crippen LogP contribution in [-0.2, 0) is 14.3 Å². The van der Waals surface area contributed by atoms with Gasteiger partial charge in [0.1, 0.15) is 11.7 Å². The normalized spacial score (nSPS) is 34.4. The smallest absolute Gasteiger partial charge is 0.316 e. The minimum absolute atomic E-state index is 0.00199. The van der Waals surface area contributed by atoms with Crippen molar-refractivity contribution in [1.82, 2.24) is 0 Å². The van der Waals surface area contributed by atoms with Crippen molar-refractivity contribution in [2.24, 2.45) is 17.8 Å². The van der Waals surface area contributed by atoms with Gasteiger partial charge in [-0.25, -0.2) is 0 Å². The highest BCUT2D eigenvalue weighted by atomic mass is 16.5. The van der Waals surface area contributed by atoms with Gasteiger partial charge in [-0.1, -0.05) is 13.8 Å². The fraction of sp³-hybridized carbons (Fsp3) is 0.800. The Morgan fingerprint density at radius 1 is 1.38 bits per heavy atom. The molecule has 0 heterocycles. The summed E-state index contributed by atoms with van der Waals surface area (Å²) in [6, 6.07) is 0. The van der Waals surface area contributed by atoms with Crippen molar-refractivity contribution >= 4 is 11.8 Å². The van der Waals surface area contributed by atoms with E-state index in [0.717, 1.165) is 6.42 Å². The Kier molecular flexibility index (Phi) is 3.07. The van der Waals surface area contributed by atoms with Crippen LogP contribution in [0.3, 0.4) is 0 Å². The lowest BCUT2D eigenvalue weighted by molar-refractivity contribution is -0.152. The van der Waals surface area contributed by atoms with Crippen molar-refractivity contribution in [3.8, 4) is 0 Å². The van der Waals surface area contributed by atoms with Gasteiger partial charge in [-0.05, 0) is 18.8 Å². The maximum atomic E-state index is 11.6. The van der Waals surface area contributed by atoms with Gasteiger partial charge in [0.2, 0.25) is 0 Å². The van der Waals surface area contributed by atoms with Crippen LogP contribution >= 0.6 is 0 Å². The van der Waals surface area contributed by atoms with E-state index in [4.69, 9.17) is 0 Å². The SMILES string of the molecule is COC(=O)[C@@H]1CC[C@@H](C)[C@H](C)C1=O. The minimum atomic E-state index is -0.504. The number of carbonyl (C=O) groups is 2. The van der Waals surface area contributed by atoms with Crippen LogP contribution in [0, 0.1) is 17.8 Å². The molecule has 1 rings (SSSR count). The monoisotopic (exact) mass is 184 g/mol. The number of Topliss-reactive ketones (excluding diaryl/α,β-unsaturated/α-hetero) is 1. The van der Waals surface area contributed by atoms with Crippen LogP contribution in [0.2, 0.25) is 0 Å². The minimum Gasteiger partial charge on any atom is -0.468 e. The Morgan fingerprint density at radius 2 is 2.00 bits per heavy atom. The van der Waals surface area contributed by atoms with Crippen molar-refractivity contribution in [1.29, 1.82) is 0 Å². The largest absolute Gasteiger partial charge is 0.468 e. The molecule has 0 unspecified atom stereocenters. The van der Waals surface area contributed by atoms with E-state index in [9.17, 15) is 9.59 Å². The van der Waals surface area contributed by atoms with Gasteiger partial charge in [0.25, 0.3) is 0 Å². The zero-order valence-electron chi connectivity index (χ0n) is 8.37. The Labute approximate surface area is 78.5 Å². The van der Waals surface area contributed by atoms with E-state index in [1.54, 1.807) is 0 Å². The first kappa shape index (κ1) is 10.2. The molecule has 13 heavy (non-hydrogen) atoms. The molecule has 1 aliphatic rings. The number of ether oxygens (including phenoxy) is 1. The lowest BCUT2D eigenvalue weighted by Gasteiger charge is -2.28. The second-order valence-electron chi connectivity index (χ2n) is 3.82. The number of ketones is 1. The molecule has 0 aromatic rings. The molecule has 0 aliphatic heterocycles. The third-order valence-corrected chi connectivity index (χ3v) is 3.04. The molecular weight excluding hydrogens is 168 g/mol. The van der Waals surface area contributed by atoms with Gasteiger partial charge in [0, 0.05) is 5.92 Å². The Hall–Kier alpha value is -0.860. The Morgan fingerprint density at radius 3 is 2.54 bits per heavy atom. The molecule has 0 aromatic heterocycles.